The number of hydrogen-bond donors (Lipinski definition) is 3. The fourth-order valence-electron chi connectivity index (χ4n) is 1.09. The Labute approximate surface area is 82.5 Å². The Morgan fingerprint density at radius 2 is 2.07 bits per heavy atom. The lowest BCUT2D eigenvalue weighted by Crippen LogP contribution is -2.41. The van der Waals surface area contributed by atoms with E-state index in [0.717, 1.165) is 5.56 Å². The Bertz CT molecular complexity index is 372. The van der Waals surface area contributed by atoms with Crippen LogP contribution < -0.4 is 11.5 Å². The van der Waals surface area contributed by atoms with Crippen LogP contribution >= 0.6 is 0 Å². The van der Waals surface area contributed by atoms with Crippen LogP contribution in [0.15, 0.2) is 18.2 Å². The number of carbonyl (C=O) groups is 1. The minimum Gasteiger partial charge on any atom is -0.480 e. The molecule has 1 unspecified atom stereocenters. The van der Waals surface area contributed by atoms with Crippen LogP contribution in [-0.4, -0.2) is 11.1 Å². The summed E-state index contributed by atoms with van der Waals surface area (Å²) in [7, 11) is 0. The standard InChI is InChI=1S/C10H14N2O2/c1-6-3-4-7(5-8(6)11)10(2,12)9(13)14/h3-5H,11-12H2,1-2H3,(H,13,14). The second-order valence-electron chi connectivity index (χ2n) is 3.58. The first-order chi connectivity index (χ1) is 6.35. The average Bonchev–Trinajstić information content (AvgIpc) is 2.09. The van der Waals surface area contributed by atoms with E-state index in [4.69, 9.17) is 16.6 Å². The normalized spacial score (nSPS) is 14.8. The molecule has 0 aliphatic carbocycles. The number of benzene rings is 1. The minimum absolute atomic E-state index is 0.508. The monoisotopic (exact) mass is 194 g/mol. The van der Waals surface area contributed by atoms with Gasteiger partial charge in [0.2, 0.25) is 0 Å². The quantitative estimate of drug-likeness (QED) is 0.608. The third-order valence-corrected chi connectivity index (χ3v) is 2.32. The SMILES string of the molecule is Cc1ccc(C(C)(N)C(=O)O)cc1N. The molecule has 0 saturated heterocycles. The maximum absolute atomic E-state index is 10.9. The number of carboxylic acid groups (broad SMARTS) is 1. The van der Waals surface area contributed by atoms with Gasteiger partial charge in [-0.25, -0.2) is 4.79 Å². The van der Waals surface area contributed by atoms with E-state index in [1.807, 2.05) is 6.92 Å². The van der Waals surface area contributed by atoms with Crippen molar-refractivity contribution in [3.8, 4) is 0 Å². The predicted octanol–water partition coefficient (Wildman–Crippen LogP) is 0.836. The lowest BCUT2D eigenvalue weighted by atomic mass is 9.92. The summed E-state index contributed by atoms with van der Waals surface area (Å²) < 4.78 is 0. The summed E-state index contributed by atoms with van der Waals surface area (Å²) in [5, 5.41) is 8.89. The number of aryl methyl sites for hydroxylation is 1. The first-order valence-electron chi connectivity index (χ1n) is 4.24. The zero-order valence-electron chi connectivity index (χ0n) is 8.24. The Balaban J connectivity index is 3.21. The van der Waals surface area contributed by atoms with Crippen molar-refractivity contribution >= 4 is 11.7 Å². The van der Waals surface area contributed by atoms with Crippen molar-refractivity contribution in [2.24, 2.45) is 5.73 Å². The van der Waals surface area contributed by atoms with Gasteiger partial charge in [-0.1, -0.05) is 12.1 Å². The second kappa shape index (κ2) is 3.31. The predicted molar refractivity (Wildman–Crippen MR) is 54.8 cm³/mol. The van der Waals surface area contributed by atoms with Crippen LogP contribution in [0.2, 0.25) is 0 Å². The molecule has 1 aromatic carbocycles. The molecule has 76 valence electrons. The van der Waals surface area contributed by atoms with Gasteiger partial charge in [-0.2, -0.15) is 0 Å². The van der Waals surface area contributed by atoms with Crippen molar-refractivity contribution in [3.05, 3.63) is 29.3 Å². The molecule has 0 aromatic heterocycles. The number of hydrogen-bond acceptors (Lipinski definition) is 3. The van der Waals surface area contributed by atoms with Gasteiger partial charge in [0.1, 0.15) is 5.54 Å². The first-order valence-corrected chi connectivity index (χ1v) is 4.24. The first kappa shape index (κ1) is 10.5. The van der Waals surface area contributed by atoms with Gasteiger partial charge >= 0.3 is 5.97 Å². The van der Waals surface area contributed by atoms with Crippen LogP contribution in [0.1, 0.15) is 18.1 Å². The van der Waals surface area contributed by atoms with Gasteiger partial charge in [0.15, 0.2) is 0 Å². The lowest BCUT2D eigenvalue weighted by Gasteiger charge is -2.20. The van der Waals surface area contributed by atoms with E-state index in [-0.39, 0.29) is 0 Å². The molecule has 0 fully saturated rings. The summed E-state index contributed by atoms with van der Waals surface area (Å²) in [5.74, 6) is -1.07. The Kier molecular flexibility index (Phi) is 2.49. The fraction of sp³-hybridized carbons (Fsp3) is 0.300. The Hall–Kier alpha value is -1.55. The van der Waals surface area contributed by atoms with Crippen LogP contribution in [0.4, 0.5) is 5.69 Å². The summed E-state index contributed by atoms with van der Waals surface area (Å²) in [6, 6.07) is 5.04. The van der Waals surface area contributed by atoms with Gasteiger partial charge in [-0.3, -0.25) is 0 Å². The summed E-state index contributed by atoms with van der Waals surface area (Å²) in [6.07, 6.45) is 0. The maximum atomic E-state index is 10.9. The number of nitrogens with two attached hydrogens (primary N) is 2. The molecule has 0 heterocycles. The van der Waals surface area contributed by atoms with Crippen molar-refractivity contribution in [2.75, 3.05) is 5.73 Å². The summed E-state index contributed by atoms with van der Waals surface area (Å²) >= 11 is 0. The van der Waals surface area contributed by atoms with Crippen LogP contribution in [0.5, 0.6) is 0 Å². The van der Waals surface area contributed by atoms with Crippen LogP contribution in [0.25, 0.3) is 0 Å². The van der Waals surface area contributed by atoms with Gasteiger partial charge in [-0.05, 0) is 31.0 Å². The molecule has 0 aliphatic rings. The fourth-order valence-corrected chi connectivity index (χ4v) is 1.09. The second-order valence-corrected chi connectivity index (χ2v) is 3.58. The molecule has 0 spiro atoms. The molecule has 1 atom stereocenters. The lowest BCUT2D eigenvalue weighted by molar-refractivity contribution is -0.143. The summed E-state index contributed by atoms with van der Waals surface area (Å²) in [4.78, 5) is 10.9. The molecule has 1 aromatic rings. The van der Waals surface area contributed by atoms with E-state index in [1.54, 1.807) is 18.2 Å². The summed E-state index contributed by atoms with van der Waals surface area (Å²) in [6.45, 7) is 3.30. The molecule has 5 N–H and O–H groups in total. The van der Waals surface area contributed by atoms with Gasteiger partial charge in [0, 0.05) is 5.69 Å². The third-order valence-electron chi connectivity index (χ3n) is 2.32. The zero-order valence-corrected chi connectivity index (χ0v) is 8.24. The molecule has 4 heteroatoms. The van der Waals surface area contributed by atoms with Crippen molar-refractivity contribution in [1.29, 1.82) is 0 Å². The molecule has 14 heavy (non-hydrogen) atoms. The van der Waals surface area contributed by atoms with E-state index in [2.05, 4.69) is 0 Å². The average molecular weight is 194 g/mol. The largest absolute Gasteiger partial charge is 0.480 e. The zero-order chi connectivity index (χ0) is 10.9. The number of anilines is 1. The molecule has 0 aliphatic heterocycles. The molecular weight excluding hydrogens is 180 g/mol. The topological polar surface area (TPSA) is 89.3 Å². The van der Waals surface area contributed by atoms with Crippen molar-refractivity contribution < 1.29 is 9.90 Å². The smallest absolute Gasteiger partial charge is 0.328 e. The Morgan fingerprint density at radius 3 is 2.50 bits per heavy atom. The van der Waals surface area contributed by atoms with Crippen molar-refractivity contribution in [2.45, 2.75) is 19.4 Å². The van der Waals surface area contributed by atoms with Crippen LogP contribution in [0, 0.1) is 6.92 Å². The van der Waals surface area contributed by atoms with Gasteiger partial charge in [-0.15, -0.1) is 0 Å². The number of nitrogen functional groups attached to an aromatic ring is 1. The van der Waals surface area contributed by atoms with Crippen LogP contribution in [0.3, 0.4) is 0 Å². The minimum atomic E-state index is -1.39. The molecule has 1 rings (SSSR count). The number of rotatable bonds is 2. The van der Waals surface area contributed by atoms with E-state index >= 15 is 0 Å². The van der Waals surface area contributed by atoms with E-state index in [0.29, 0.717) is 11.3 Å². The number of aliphatic carboxylic acids is 1. The highest BCUT2D eigenvalue weighted by Gasteiger charge is 2.30. The highest BCUT2D eigenvalue weighted by Crippen LogP contribution is 2.22. The van der Waals surface area contributed by atoms with Gasteiger partial charge in [0.25, 0.3) is 0 Å². The van der Waals surface area contributed by atoms with Crippen molar-refractivity contribution in [3.63, 3.8) is 0 Å². The molecule has 0 bridgehead atoms. The molecular formula is C10H14N2O2. The molecule has 0 amide bonds. The van der Waals surface area contributed by atoms with Gasteiger partial charge in [0.05, 0.1) is 0 Å². The Morgan fingerprint density at radius 1 is 1.50 bits per heavy atom. The highest BCUT2D eigenvalue weighted by molar-refractivity contribution is 5.80. The maximum Gasteiger partial charge on any atom is 0.328 e. The van der Waals surface area contributed by atoms with E-state index in [1.165, 1.54) is 6.92 Å². The highest BCUT2D eigenvalue weighted by atomic mass is 16.4. The van der Waals surface area contributed by atoms with Crippen molar-refractivity contribution in [1.82, 2.24) is 0 Å². The van der Waals surface area contributed by atoms with E-state index in [9.17, 15) is 4.79 Å². The molecule has 0 radical (unpaired) electrons. The number of carboxylic acids is 1. The van der Waals surface area contributed by atoms with Gasteiger partial charge < -0.3 is 16.6 Å². The third kappa shape index (κ3) is 1.70. The molecule has 0 saturated carbocycles. The summed E-state index contributed by atoms with van der Waals surface area (Å²) in [5.41, 5.74) is 11.9. The van der Waals surface area contributed by atoms with E-state index < -0.39 is 11.5 Å². The van der Waals surface area contributed by atoms with Crippen LogP contribution in [-0.2, 0) is 10.3 Å². The molecule has 4 nitrogen and oxygen atoms in total.